The lowest BCUT2D eigenvalue weighted by atomic mass is 9.84. The Morgan fingerprint density at radius 1 is 1.24 bits per heavy atom. The Morgan fingerprint density at radius 3 is 2.57 bits per heavy atom. The number of hydrogen-bond acceptors (Lipinski definition) is 4. The summed E-state index contributed by atoms with van der Waals surface area (Å²) in [5.41, 5.74) is 4.97. The molecule has 0 bridgehead atoms. The fourth-order valence-corrected chi connectivity index (χ4v) is 3.12. The number of methoxy groups -OCH3 is 1. The molecule has 1 atom stereocenters. The zero-order valence-corrected chi connectivity index (χ0v) is 13.1. The van der Waals surface area contributed by atoms with Crippen LogP contribution in [-0.2, 0) is 11.2 Å². The number of hydrogen-bond donors (Lipinski definition) is 2. The summed E-state index contributed by atoms with van der Waals surface area (Å²) in [7, 11) is 1.77. The summed E-state index contributed by atoms with van der Waals surface area (Å²) in [5, 5.41) is 1.18. The van der Waals surface area contributed by atoms with Gasteiger partial charge in [0.2, 0.25) is 0 Å². The van der Waals surface area contributed by atoms with Crippen molar-refractivity contribution in [3.8, 4) is 0 Å². The van der Waals surface area contributed by atoms with Crippen LogP contribution in [0.4, 0.5) is 0 Å². The number of benzene rings is 1. The number of aromatic nitrogens is 1. The van der Waals surface area contributed by atoms with Crippen molar-refractivity contribution in [3.63, 3.8) is 0 Å². The van der Waals surface area contributed by atoms with E-state index in [0.29, 0.717) is 0 Å². The minimum Gasteiger partial charge on any atom is -0.377 e. The molecule has 1 unspecified atom stereocenters. The molecule has 0 saturated heterocycles. The maximum Gasteiger partial charge on any atom is 0.0842 e. The fourth-order valence-electron chi connectivity index (χ4n) is 3.12. The number of nitrogens with zero attached hydrogens (tertiary/aromatic N) is 1. The number of fused-ring (bicyclic) bond motifs is 1. The Morgan fingerprint density at radius 2 is 1.95 bits per heavy atom. The van der Waals surface area contributed by atoms with Gasteiger partial charge in [0, 0.05) is 18.7 Å². The number of nitrogens with two attached hydrogens (primary N) is 1. The third kappa shape index (κ3) is 3.07. The Bertz CT molecular complexity index is 567. The summed E-state index contributed by atoms with van der Waals surface area (Å²) in [6.45, 7) is 4.28. The summed E-state index contributed by atoms with van der Waals surface area (Å²) in [6, 6.07) is 10.3. The smallest absolute Gasteiger partial charge is 0.0842 e. The van der Waals surface area contributed by atoms with Crippen LogP contribution in [0.15, 0.2) is 36.5 Å². The highest BCUT2D eigenvalue weighted by Crippen LogP contribution is 2.28. The van der Waals surface area contributed by atoms with E-state index in [1.807, 2.05) is 24.4 Å². The van der Waals surface area contributed by atoms with Crippen molar-refractivity contribution in [2.24, 2.45) is 5.84 Å². The minimum absolute atomic E-state index is 0.0586. The van der Waals surface area contributed by atoms with Crippen molar-refractivity contribution in [1.29, 1.82) is 0 Å². The fraction of sp³-hybridized carbons (Fsp3) is 0.471. The van der Waals surface area contributed by atoms with Crippen molar-refractivity contribution in [2.75, 3.05) is 7.11 Å². The largest absolute Gasteiger partial charge is 0.377 e. The van der Waals surface area contributed by atoms with Gasteiger partial charge in [-0.2, -0.15) is 0 Å². The predicted octanol–water partition coefficient (Wildman–Crippen LogP) is 2.81. The molecule has 0 fully saturated rings. The minimum atomic E-state index is -0.251. The predicted molar refractivity (Wildman–Crippen MR) is 86.9 cm³/mol. The van der Waals surface area contributed by atoms with Crippen LogP contribution in [0.1, 0.15) is 32.3 Å². The number of para-hydroxylation sites is 1. The van der Waals surface area contributed by atoms with Crippen LogP contribution >= 0.6 is 0 Å². The second kappa shape index (κ2) is 6.98. The summed E-state index contributed by atoms with van der Waals surface area (Å²) in [4.78, 5) is 4.41. The number of ether oxygens (including phenoxy) is 1. The first-order valence-corrected chi connectivity index (χ1v) is 7.54. The van der Waals surface area contributed by atoms with Crippen LogP contribution in [0, 0.1) is 0 Å². The highest BCUT2D eigenvalue weighted by molar-refractivity contribution is 5.81. The molecule has 21 heavy (non-hydrogen) atoms. The van der Waals surface area contributed by atoms with Crippen LogP contribution in [-0.4, -0.2) is 23.7 Å². The molecular formula is C17H25N3O. The second-order valence-electron chi connectivity index (χ2n) is 5.39. The molecule has 0 aliphatic heterocycles. The van der Waals surface area contributed by atoms with Gasteiger partial charge in [0.25, 0.3) is 0 Å². The van der Waals surface area contributed by atoms with Gasteiger partial charge in [-0.1, -0.05) is 32.0 Å². The zero-order chi connectivity index (χ0) is 15.3. The molecule has 2 aromatic rings. The van der Waals surface area contributed by atoms with Crippen LogP contribution in [0.2, 0.25) is 0 Å². The average molecular weight is 287 g/mol. The number of nitrogens with one attached hydrogen (secondary N) is 1. The maximum absolute atomic E-state index is 5.83. The quantitative estimate of drug-likeness (QED) is 0.607. The van der Waals surface area contributed by atoms with Crippen molar-refractivity contribution in [2.45, 2.75) is 44.8 Å². The van der Waals surface area contributed by atoms with Crippen LogP contribution < -0.4 is 11.3 Å². The molecule has 0 radical (unpaired) electrons. The first-order valence-electron chi connectivity index (χ1n) is 7.54. The molecule has 4 heteroatoms. The SMILES string of the molecule is CCC(CC)(OC)C(Cc1ccnc2ccccc12)NN. The van der Waals surface area contributed by atoms with E-state index in [1.54, 1.807) is 7.11 Å². The first kappa shape index (κ1) is 15.9. The van der Waals surface area contributed by atoms with Gasteiger partial charge in [-0.05, 0) is 37.0 Å². The Kier molecular flexibility index (Phi) is 5.28. The van der Waals surface area contributed by atoms with Crippen LogP contribution in [0.25, 0.3) is 10.9 Å². The third-order valence-corrected chi connectivity index (χ3v) is 4.60. The van der Waals surface area contributed by atoms with E-state index in [9.17, 15) is 0 Å². The molecule has 0 aliphatic rings. The molecule has 0 saturated carbocycles. The number of hydrazine groups is 1. The van der Waals surface area contributed by atoms with Gasteiger partial charge in [0.15, 0.2) is 0 Å². The molecule has 0 aliphatic carbocycles. The van der Waals surface area contributed by atoms with E-state index in [0.717, 1.165) is 24.8 Å². The van der Waals surface area contributed by atoms with Gasteiger partial charge < -0.3 is 4.74 Å². The Balaban J connectivity index is 2.37. The third-order valence-electron chi connectivity index (χ3n) is 4.60. The normalized spacial score (nSPS) is 13.5. The van der Waals surface area contributed by atoms with E-state index in [2.05, 4.69) is 36.4 Å². The molecule has 1 aromatic carbocycles. The lowest BCUT2D eigenvalue weighted by Gasteiger charge is -2.38. The summed E-state index contributed by atoms with van der Waals surface area (Å²) < 4.78 is 5.82. The molecule has 0 spiro atoms. The van der Waals surface area contributed by atoms with Gasteiger partial charge in [-0.3, -0.25) is 16.3 Å². The zero-order valence-electron chi connectivity index (χ0n) is 13.1. The summed E-state index contributed by atoms with van der Waals surface area (Å²) >= 11 is 0. The highest BCUT2D eigenvalue weighted by Gasteiger charge is 2.35. The van der Waals surface area contributed by atoms with Crippen LogP contribution in [0.3, 0.4) is 0 Å². The monoisotopic (exact) mass is 287 g/mol. The lowest BCUT2D eigenvalue weighted by molar-refractivity contribution is -0.0472. The molecule has 0 amide bonds. The lowest BCUT2D eigenvalue weighted by Crippen LogP contribution is -2.55. The van der Waals surface area contributed by atoms with Crippen molar-refractivity contribution >= 4 is 10.9 Å². The van der Waals surface area contributed by atoms with Gasteiger partial charge in [0.05, 0.1) is 17.2 Å². The molecule has 4 nitrogen and oxygen atoms in total. The van der Waals surface area contributed by atoms with Gasteiger partial charge in [-0.15, -0.1) is 0 Å². The van der Waals surface area contributed by atoms with Gasteiger partial charge in [0.1, 0.15) is 0 Å². The molecule has 1 aromatic heterocycles. The first-order chi connectivity index (χ1) is 10.2. The van der Waals surface area contributed by atoms with E-state index in [-0.39, 0.29) is 11.6 Å². The Labute approximate surface area is 126 Å². The number of pyridine rings is 1. The van der Waals surface area contributed by atoms with Crippen LogP contribution in [0.5, 0.6) is 0 Å². The summed E-state index contributed by atoms with van der Waals surface area (Å²) in [6.07, 6.45) is 4.50. The van der Waals surface area contributed by atoms with Crippen molar-refractivity contribution < 1.29 is 4.74 Å². The van der Waals surface area contributed by atoms with E-state index >= 15 is 0 Å². The molecular weight excluding hydrogens is 262 g/mol. The van der Waals surface area contributed by atoms with Gasteiger partial charge >= 0.3 is 0 Å². The van der Waals surface area contributed by atoms with E-state index in [4.69, 9.17) is 10.6 Å². The molecule has 114 valence electrons. The molecule has 2 rings (SSSR count). The van der Waals surface area contributed by atoms with Crippen molar-refractivity contribution in [1.82, 2.24) is 10.4 Å². The molecule has 1 heterocycles. The second-order valence-corrected chi connectivity index (χ2v) is 5.39. The van der Waals surface area contributed by atoms with E-state index in [1.165, 1.54) is 10.9 Å². The maximum atomic E-state index is 5.83. The topological polar surface area (TPSA) is 60.2 Å². The standard InChI is InChI=1S/C17H25N3O/c1-4-17(5-2,21-3)16(20-18)12-13-10-11-19-15-9-7-6-8-14(13)15/h6-11,16,20H,4-5,12,18H2,1-3H3. The average Bonchev–Trinajstić information content (AvgIpc) is 2.56. The van der Waals surface area contributed by atoms with E-state index < -0.39 is 0 Å². The molecule has 3 N–H and O–H groups in total. The number of rotatable bonds is 7. The highest BCUT2D eigenvalue weighted by atomic mass is 16.5. The summed E-state index contributed by atoms with van der Waals surface area (Å²) in [5.74, 6) is 5.83. The van der Waals surface area contributed by atoms with Crippen molar-refractivity contribution in [3.05, 3.63) is 42.1 Å². The Hall–Kier alpha value is -1.49. The van der Waals surface area contributed by atoms with Gasteiger partial charge in [-0.25, -0.2) is 0 Å².